The van der Waals surface area contributed by atoms with E-state index in [0.717, 1.165) is 17.9 Å². The smallest absolute Gasteiger partial charge is 0.225 e. The van der Waals surface area contributed by atoms with Crippen molar-refractivity contribution in [3.8, 4) is 11.4 Å². The second kappa shape index (κ2) is 7.36. The number of H-pyrrole nitrogens is 1. The summed E-state index contributed by atoms with van der Waals surface area (Å²) in [5, 5.41) is 11.6. The summed E-state index contributed by atoms with van der Waals surface area (Å²) in [6.45, 7) is 3.02. The summed E-state index contributed by atoms with van der Waals surface area (Å²) in [6.07, 6.45) is 6.79. The second-order valence-electron chi connectivity index (χ2n) is 7.26. The highest BCUT2D eigenvalue weighted by Crippen LogP contribution is 2.29. The van der Waals surface area contributed by atoms with Crippen molar-refractivity contribution in [3.05, 3.63) is 36.4 Å². The van der Waals surface area contributed by atoms with Gasteiger partial charge in [-0.3, -0.25) is 9.89 Å². The van der Waals surface area contributed by atoms with Crippen molar-refractivity contribution < 1.29 is 4.79 Å². The first-order valence-corrected chi connectivity index (χ1v) is 9.68. The summed E-state index contributed by atoms with van der Waals surface area (Å²) in [7, 11) is 0. The van der Waals surface area contributed by atoms with Crippen LogP contribution >= 0.6 is 0 Å². The van der Waals surface area contributed by atoms with E-state index in [0.29, 0.717) is 18.2 Å². The normalized spacial score (nSPS) is 15.4. The number of nitrogens with one attached hydrogen (secondary N) is 2. The number of rotatable bonds is 5. The van der Waals surface area contributed by atoms with Crippen molar-refractivity contribution >= 4 is 22.6 Å². The molecular weight excluding hydrogens is 324 g/mol. The summed E-state index contributed by atoms with van der Waals surface area (Å²) in [4.78, 5) is 12.3. The number of hydrogen-bond donors (Lipinski definition) is 2. The summed E-state index contributed by atoms with van der Waals surface area (Å²) in [5.41, 5.74) is 3.23. The SMILES string of the molecule is CCn1c(-c2cc(NC(=O)CC3CCCCC3)n[nH]2)cc2ccccc21. The van der Waals surface area contributed by atoms with E-state index in [4.69, 9.17) is 0 Å². The standard InChI is InChI=1S/C21H26N4O/c1-2-25-18-11-7-6-10-16(18)13-19(25)17-14-20(24-23-17)22-21(26)12-15-8-4-3-5-9-15/h6-7,10-11,13-15H,2-5,8-9,12H2,1H3,(H2,22,23,24,26). The average molecular weight is 350 g/mol. The number of carbonyl (C=O) groups is 1. The molecule has 0 unspecified atom stereocenters. The number of para-hydroxylation sites is 1. The van der Waals surface area contributed by atoms with Crippen LogP contribution in [0.1, 0.15) is 45.4 Å². The molecule has 4 rings (SSSR count). The van der Waals surface area contributed by atoms with E-state index in [1.165, 1.54) is 43.0 Å². The fourth-order valence-electron chi connectivity index (χ4n) is 4.14. The van der Waals surface area contributed by atoms with Gasteiger partial charge in [-0.05, 0) is 37.8 Å². The van der Waals surface area contributed by atoms with Gasteiger partial charge < -0.3 is 9.88 Å². The molecule has 1 saturated carbocycles. The summed E-state index contributed by atoms with van der Waals surface area (Å²) in [5.74, 6) is 1.21. The van der Waals surface area contributed by atoms with Gasteiger partial charge in [0.2, 0.25) is 5.91 Å². The van der Waals surface area contributed by atoms with Gasteiger partial charge in [-0.15, -0.1) is 0 Å². The first-order chi connectivity index (χ1) is 12.7. The largest absolute Gasteiger partial charge is 0.340 e. The molecule has 5 nitrogen and oxygen atoms in total. The summed E-state index contributed by atoms with van der Waals surface area (Å²) < 4.78 is 2.26. The number of nitrogens with zero attached hydrogens (tertiary/aromatic N) is 2. The number of fused-ring (bicyclic) bond motifs is 1. The van der Waals surface area contributed by atoms with Crippen molar-refractivity contribution in [1.82, 2.24) is 14.8 Å². The predicted molar refractivity (Wildman–Crippen MR) is 105 cm³/mol. The molecule has 1 aliphatic carbocycles. The lowest BCUT2D eigenvalue weighted by Crippen LogP contribution is -2.18. The molecule has 2 N–H and O–H groups in total. The fourth-order valence-corrected chi connectivity index (χ4v) is 4.14. The van der Waals surface area contributed by atoms with E-state index in [9.17, 15) is 4.79 Å². The molecule has 0 atom stereocenters. The van der Waals surface area contributed by atoms with Crippen LogP contribution < -0.4 is 5.32 Å². The number of aryl methyl sites for hydroxylation is 1. The number of hydrogen-bond acceptors (Lipinski definition) is 2. The molecular formula is C21H26N4O. The number of aromatic nitrogens is 3. The van der Waals surface area contributed by atoms with Gasteiger partial charge in [0.1, 0.15) is 0 Å². The van der Waals surface area contributed by atoms with Crippen LogP contribution in [-0.2, 0) is 11.3 Å². The maximum atomic E-state index is 12.3. The van der Waals surface area contributed by atoms with E-state index in [-0.39, 0.29) is 5.91 Å². The maximum absolute atomic E-state index is 12.3. The Balaban J connectivity index is 1.50. The highest BCUT2D eigenvalue weighted by molar-refractivity contribution is 5.91. The Hall–Kier alpha value is -2.56. The third kappa shape index (κ3) is 3.39. The quantitative estimate of drug-likeness (QED) is 0.683. The Kier molecular flexibility index (Phi) is 4.78. The summed E-state index contributed by atoms with van der Waals surface area (Å²) in [6, 6.07) is 12.5. The number of benzene rings is 1. The van der Waals surface area contributed by atoms with Gasteiger partial charge in [0.15, 0.2) is 5.82 Å². The van der Waals surface area contributed by atoms with E-state index < -0.39 is 0 Å². The van der Waals surface area contributed by atoms with Gasteiger partial charge in [-0.2, -0.15) is 5.10 Å². The van der Waals surface area contributed by atoms with E-state index in [1.54, 1.807) is 0 Å². The van der Waals surface area contributed by atoms with Gasteiger partial charge >= 0.3 is 0 Å². The zero-order chi connectivity index (χ0) is 17.9. The van der Waals surface area contributed by atoms with Crippen molar-refractivity contribution in [1.29, 1.82) is 0 Å². The molecule has 136 valence electrons. The van der Waals surface area contributed by atoms with Crippen LogP contribution in [0.4, 0.5) is 5.82 Å². The first kappa shape index (κ1) is 16.9. The number of anilines is 1. The molecule has 0 saturated heterocycles. The zero-order valence-corrected chi connectivity index (χ0v) is 15.3. The molecule has 1 fully saturated rings. The zero-order valence-electron chi connectivity index (χ0n) is 15.3. The Morgan fingerprint density at radius 1 is 1.23 bits per heavy atom. The maximum Gasteiger partial charge on any atom is 0.225 e. The van der Waals surface area contributed by atoms with Gasteiger partial charge in [0, 0.05) is 29.9 Å². The molecule has 26 heavy (non-hydrogen) atoms. The van der Waals surface area contributed by atoms with Crippen molar-refractivity contribution in [2.75, 3.05) is 5.32 Å². The highest BCUT2D eigenvalue weighted by atomic mass is 16.1. The molecule has 0 spiro atoms. The third-order valence-corrected chi connectivity index (χ3v) is 5.45. The Bertz CT molecular complexity index is 902. The number of amides is 1. The van der Waals surface area contributed by atoms with Gasteiger partial charge in [0.05, 0.1) is 11.4 Å². The minimum Gasteiger partial charge on any atom is -0.340 e. The monoisotopic (exact) mass is 350 g/mol. The molecule has 5 heteroatoms. The van der Waals surface area contributed by atoms with Crippen molar-refractivity contribution in [2.45, 2.75) is 52.0 Å². The first-order valence-electron chi connectivity index (χ1n) is 9.68. The van der Waals surface area contributed by atoms with Crippen LogP contribution in [-0.4, -0.2) is 20.7 Å². The van der Waals surface area contributed by atoms with E-state index >= 15 is 0 Å². The van der Waals surface area contributed by atoms with E-state index in [2.05, 4.69) is 57.3 Å². The summed E-state index contributed by atoms with van der Waals surface area (Å²) >= 11 is 0. The molecule has 3 aromatic rings. The Labute approximate surface area is 153 Å². The number of carbonyl (C=O) groups excluding carboxylic acids is 1. The van der Waals surface area contributed by atoms with Crippen LogP contribution in [0.5, 0.6) is 0 Å². The van der Waals surface area contributed by atoms with Crippen LogP contribution in [0.15, 0.2) is 36.4 Å². The molecule has 0 bridgehead atoms. The van der Waals surface area contributed by atoms with E-state index in [1.807, 2.05) is 6.07 Å². The van der Waals surface area contributed by atoms with Crippen LogP contribution in [0, 0.1) is 5.92 Å². The Morgan fingerprint density at radius 3 is 2.85 bits per heavy atom. The second-order valence-corrected chi connectivity index (χ2v) is 7.26. The minimum atomic E-state index is 0.0750. The topological polar surface area (TPSA) is 62.7 Å². The van der Waals surface area contributed by atoms with Crippen molar-refractivity contribution in [2.24, 2.45) is 5.92 Å². The van der Waals surface area contributed by atoms with Gasteiger partial charge in [-0.1, -0.05) is 37.5 Å². The van der Waals surface area contributed by atoms with Crippen LogP contribution in [0.25, 0.3) is 22.3 Å². The predicted octanol–water partition coefficient (Wildman–Crippen LogP) is 4.96. The molecule has 1 amide bonds. The molecule has 0 aliphatic heterocycles. The molecule has 1 aromatic carbocycles. The van der Waals surface area contributed by atoms with Crippen molar-refractivity contribution in [3.63, 3.8) is 0 Å². The van der Waals surface area contributed by atoms with Crippen LogP contribution in [0.3, 0.4) is 0 Å². The van der Waals surface area contributed by atoms with Gasteiger partial charge in [0.25, 0.3) is 0 Å². The molecule has 2 aromatic heterocycles. The molecule has 2 heterocycles. The fraction of sp³-hybridized carbons (Fsp3) is 0.429. The number of aromatic amines is 1. The lowest BCUT2D eigenvalue weighted by molar-refractivity contribution is -0.117. The molecule has 1 aliphatic rings. The Morgan fingerprint density at radius 2 is 2.04 bits per heavy atom. The minimum absolute atomic E-state index is 0.0750. The lowest BCUT2D eigenvalue weighted by atomic mass is 9.87. The third-order valence-electron chi connectivity index (χ3n) is 5.45. The van der Waals surface area contributed by atoms with Gasteiger partial charge in [-0.25, -0.2) is 0 Å². The highest BCUT2D eigenvalue weighted by Gasteiger charge is 2.18. The molecule has 0 radical (unpaired) electrons. The lowest BCUT2D eigenvalue weighted by Gasteiger charge is -2.20. The van der Waals surface area contributed by atoms with Crippen LogP contribution in [0.2, 0.25) is 0 Å². The average Bonchev–Trinajstić information content (AvgIpc) is 3.26.